The summed E-state index contributed by atoms with van der Waals surface area (Å²) in [5, 5.41) is 9.46. The molecule has 9 heteroatoms. The van der Waals surface area contributed by atoms with Crippen LogP contribution in [-0.4, -0.2) is 44.6 Å². The van der Waals surface area contributed by atoms with E-state index >= 15 is 0 Å². The second-order valence-corrected chi connectivity index (χ2v) is 6.15. The van der Waals surface area contributed by atoms with Crippen LogP contribution in [0.3, 0.4) is 0 Å². The molecule has 27 heavy (non-hydrogen) atoms. The molecule has 0 aliphatic heterocycles. The van der Waals surface area contributed by atoms with Crippen LogP contribution in [0.1, 0.15) is 11.4 Å². The molecular weight excluding hydrogens is 352 g/mol. The molecule has 2 heterocycles. The summed E-state index contributed by atoms with van der Waals surface area (Å²) in [5.74, 6) is 1.77. The highest BCUT2D eigenvalue weighted by molar-refractivity contribution is 5.71. The summed E-state index contributed by atoms with van der Waals surface area (Å²) in [5.41, 5.74) is 0.603. The molecule has 3 aromatic rings. The monoisotopic (exact) mass is 374 g/mol. The standard InChI is InChI=1S/C18H22N4O5/c1-20-16-15(17(24)21(2)18(20)25)22(7-8-23)14(19-16)10-11-5-6-12(26-3)13(9-11)27-4/h5-6,9,23H,7-8,10H2,1-4H3. The fraction of sp³-hybridized carbons (Fsp3) is 0.389. The van der Waals surface area contributed by atoms with Crippen molar-refractivity contribution in [2.45, 2.75) is 13.0 Å². The molecule has 9 nitrogen and oxygen atoms in total. The minimum atomic E-state index is -0.446. The Balaban J connectivity index is 2.19. The molecule has 0 spiro atoms. The van der Waals surface area contributed by atoms with Crippen LogP contribution in [0.2, 0.25) is 0 Å². The molecule has 0 aliphatic rings. The molecule has 0 unspecified atom stereocenters. The number of fused-ring (bicyclic) bond motifs is 1. The second-order valence-electron chi connectivity index (χ2n) is 6.15. The average molecular weight is 374 g/mol. The van der Waals surface area contributed by atoms with Gasteiger partial charge in [0.25, 0.3) is 5.56 Å². The van der Waals surface area contributed by atoms with Crippen molar-refractivity contribution in [2.24, 2.45) is 14.1 Å². The Kier molecular flexibility index (Phi) is 5.04. The highest BCUT2D eigenvalue weighted by atomic mass is 16.5. The number of ether oxygens (including phenoxy) is 2. The number of aryl methyl sites for hydroxylation is 1. The van der Waals surface area contributed by atoms with Crippen molar-refractivity contribution in [3.63, 3.8) is 0 Å². The quantitative estimate of drug-likeness (QED) is 0.654. The van der Waals surface area contributed by atoms with Gasteiger partial charge in [-0.15, -0.1) is 0 Å². The first kappa shape index (κ1) is 18.7. The molecule has 0 radical (unpaired) electrons. The van der Waals surface area contributed by atoms with Crippen molar-refractivity contribution in [1.82, 2.24) is 18.7 Å². The van der Waals surface area contributed by atoms with Gasteiger partial charge in [0, 0.05) is 27.1 Å². The Morgan fingerprint density at radius 2 is 1.78 bits per heavy atom. The molecular formula is C18H22N4O5. The average Bonchev–Trinajstić information content (AvgIpc) is 3.03. The third-order valence-corrected chi connectivity index (χ3v) is 4.56. The van der Waals surface area contributed by atoms with Gasteiger partial charge in [-0.2, -0.15) is 0 Å². The lowest BCUT2D eigenvalue weighted by molar-refractivity contribution is 0.276. The number of imidazole rings is 1. The summed E-state index contributed by atoms with van der Waals surface area (Å²) in [6.45, 7) is 0.0446. The van der Waals surface area contributed by atoms with Crippen molar-refractivity contribution in [2.75, 3.05) is 20.8 Å². The zero-order chi connectivity index (χ0) is 19.7. The van der Waals surface area contributed by atoms with E-state index < -0.39 is 11.2 Å². The van der Waals surface area contributed by atoms with Crippen molar-refractivity contribution >= 4 is 11.2 Å². The molecule has 0 fully saturated rings. The zero-order valence-electron chi connectivity index (χ0n) is 15.7. The summed E-state index contributed by atoms with van der Waals surface area (Å²) >= 11 is 0. The van der Waals surface area contributed by atoms with E-state index in [9.17, 15) is 14.7 Å². The smallest absolute Gasteiger partial charge is 0.332 e. The number of benzene rings is 1. The van der Waals surface area contributed by atoms with Gasteiger partial charge in [0.15, 0.2) is 22.7 Å². The molecule has 1 N–H and O–H groups in total. The molecule has 144 valence electrons. The summed E-state index contributed by atoms with van der Waals surface area (Å²) < 4.78 is 14.6. The Bertz CT molecular complexity index is 1110. The molecule has 0 saturated carbocycles. The Morgan fingerprint density at radius 3 is 2.41 bits per heavy atom. The number of nitrogens with zero attached hydrogens (tertiary/aromatic N) is 4. The number of aromatic nitrogens is 4. The van der Waals surface area contributed by atoms with Gasteiger partial charge in [-0.3, -0.25) is 13.9 Å². The third kappa shape index (κ3) is 3.10. The minimum absolute atomic E-state index is 0.156. The topological polar surface area (TPSA) is 101 Å². The van der Waals surface area contributed by atoms with E-state index in [2.05, 4.69) is 4.98 Å². The van der Waals surface area contributed by atoms with E-state index in [0.29, 0.717) is 34.9 Å². The number of rotatable bonds is 6. The number of hydrogen-bond acceptors (Lipinski definition) is 6. The largest absolute Gasteiger partial charge is 0.493 e. The van der Waals surface area contributed by atoms with Crippen LogP contribution in [0.25, 0.3) is 11.2 Å². The molecule has 0 atom stereocenters. The van der Waals surface area contributed by atoms with E-state index in [0.717, 1.165) is 10.1 Å². The molecule has 1 aromatic carbocycles. The minimum Gasteiger partial charge on any atom is -0.493 e. The van der Waals surface area contributed by atoms with E-state index in [-0.39, 0.29) is 13.2 Å². The van der Waals surface area contributed by atoms with E-state index in [4.69, 9.17) is 9.47 Å². The van der Waals surface area contributed by atoms with Gasteiger partial charge in [-0.25, -0.2) is 9.78 Å². The van der Waals surface area contributed by atoms with Gasteiger partial charge >= 0.3 is 5.69 Å². The predicted octanol–water partition coefficient (Wildman–Crippen LogP) is 0.0340. The molecule has 0 aliphatic carbocycles. The van der Waals surface area contributed by atoms with Crippen LogP contribution in [0.4, 0.5) is 0 Å². The van der Waals surface area contributed by atoms with Crippen molar-refractivity contribution in [1.29, 1.82) is 0 Å². The highest BCUT2D eigenvalue weighted by Gasteiger charge is 2.19. The van der Waals surface area contributed by atoms with Gasteiger partial charge < -0.3 is 19.1 Å². The van der Waals surface area contributed by atoms with Crippen LogP contribution >= 0.6 is 0 Å². The Labute approximate surface area is 155 Å². The fourth-order valence-electron chi connectivity index (χ4n) is 3.14. The van der Waals surface area contributed by atoms with Gasteiger partial charge in [-0.1, -0.05) is 6.07 Å². The maximum absolute atomic E-state index is 12.6. The molecule has 0 amide bonds. The van der Waals surface area contributed by atoms with Crippen LogP contribution < -0.4 is 20.7 Å². The molecule has 2 aromatic heterocycles. The number of methoxy groups -OCH3 is 2. The lowest BCUT2D eigenvalue weighted by atomic mass is 10.1. The van der Waals surface area contributed by atoms with E-state index in [1.54, 1.807) is 31.9 Å². The molecule has 0 bridgehead atoms. The Hall–Kier alpha value is -3.07. The predicted molar refractivity (Wildman–Crippen MR) is 99.7 cm³/mol. The number of aliphatic hydroxyl groups is 1. The van der Waals surface area contributed by atoms with Gasteiger partial charge in [-0.05, 0) is 17.7 Å². The molecule has 0 saturated heterocycles. The number of hydrogen-bond donors (Lipinski definition) is 1. The summed E-state index contributed by atoms with van der Waals surface area (Å²) in [4.78, 5) is 29.3. The summed E-state index contributed by atoms with van der Waals surface area (Å²) in [7, 11) is 6.12. The van der Waals surface area contributed by atoms with Crippen molar-refractivity contribution in [3.05, 3.63) is 50.4 Å². The van der Waals surface area contributed by atoms with Crippen LogP contribution in [0.5, 0.6) is 11.5 Å². The van der Waals surface area contributed by atoms with Crippen molar-refractivity contribution in [3.8, 4) is 11.5 Å². The van der Waals surface area contributed by atoms with E-state index in [1.165, 1.54) is 11.6 Å². The Morgan fingerprint density at radius 1 is 1.07 bits per heavy atom. The molecule has 3 rings (SSSR count). The van der Waals surface area contributed by atoms with Crippen LogP contribution in [0.15, 0.2) is 27.8 Å². The van der Waals surface area contributed by atoms with Gasteiger partial charge in [0.2, 0.25) is 0 Å². The maximum Gasteiger partial charge on any atom is 0.332 e. The number of aliphatic hydroxyl groups excluding tert-OH is 1. The van der Waals surface area contributed by atoms with Crippen LogP contribution in [0, 0.1) is 0 Å². The summed E-state index contributed by atoms with van der Waals surface area (Å²) in [6.07, 6.45) is 0.395. The highest BCUT2D eigenvalue weighted by Crippen LogP contribution is 2.28. The maximum atomic E-state index is 12.6. The van der Waals surface area contributed by atoms with E-state index in [1.807, 2.05) is 12.1 Å². The first-order valence-corrected chi connectivity index (χ1v) is 8.39. The SMILES string of the molecule is COc1ccc(Cc2nc3c(c(=O)n(C)c(=O)n3C)n2CCO)cc1OC. The van der Waals surface area contributed by atoms with Gasteiger partial charge in [0.05, 0.1) is 20.8 Å². The van der Waals surface area contributed by atoms with Crippen LogP contribution in [-0.2, 0) is 27.1 Å². The first-order chi connectivity index (χ1) is 12.9. The first-order valence-electron chi connectivity index (χ1n) is 8.39. The normalized spacial score (nSPS) is 11.1. The van der Waals surface area contributed by atoms with Crippen molar-refractivity contribution < 1.29 is 14.6 Å². The fourth-order valence-corrected chi connectivity index (χ4v) is 3.14. The second kappa shape index (κ2) is 7.28. The lowest BCUT2D eigenvalue weighted by Gasteiger charge is -2.11. The van der Waals surface area contributed by atoms with Gasteiger partial charge in [0.1, 0.15) is 5.82 Å². The lowest BCUT2D eigenvalue weighted by Crippen LogP contribution is -2.37. The third-order valence-electron chi connectivity index (χ3n) is 4.56. The zero-order valence-corrected chi connectivity index (χ0v) is 15.7. The summed E-state index contributed by atoms with van der Waals surface area (Å²) in [6, 6.07) is 5.50.